The molecule has 3 rings (SSSR count). The molecule has 1 aromatic rings. The molecule has 0 spiro atoms. The maximum absolute atomic E-state index is 12.8. The highest BCUT2D eigenvalue weighted by Gasteiger charge is 2.39. The molecule has 26 heavy (non-hydrogen) atoms. The van der Waals surface area contributed by atoms with Gasteiger partial charge in [-0.15, -0.1) is 0 Å². The van der Waals surface area contributed by atoms with Gasteiger partial charge in [0.15, 0.2) is 11.5 Å². The minimum Gasteiger partial charge on any atom is -0.486 e. The third-order valence-electron chi connectivity index (χ3n) is 4.64. The van der Waals surface area contributed by atoms with Crippen molar-refractivity contribution in [2.75, 3.05) is 44.8 Å². The number of fused-ring (bicyclic) bond motifs is 1. The lowest BCUT2D eigenvalue weighted by molar-refractivity contribution is -0.142. The van der Waals surface area contributed by atoms with E-state index >= 15 is 0 Å². The second-order valence-electron chi connectivity index (χ2n) is 6.49. The fourth-order valence-corrected chi connectivity index (χ4v) is 3.09. The van der Waals surface area contributed by atoms with E-state index in [9.17, 15) is 9.59 Å². The molecular formula is C18H25N3O5. The van der Waals surface area contributed by atoms with Crippen LogP contribution >= 0.6 is 0 Å². The number of nitrogens with two attached hydrogens (primary N) is 1. The van der Waals surface area contributed by atoms with E-state index in [0.717, 1.165) is 0 Å². The zero-order valence-electron chi connectivity index (χ0n) is 15.0. The first-order valence-electron chi connectivity index (χ1n) is 8.87. The largest absolute Gasteiger partial charge is 0.486 e. The summed E-state index contributed by atoms with van der Waals surface area (Å²) < 4.78 is 16.3. The van der Waals surface area contributed by atoms with Crippen molar-refractivity contribution >= 4 is 17.5 Å². The van der Waals surface area contributed by atoms with Gasteiger partial charge in [-0.25, -0.2) is 0 Å². The number of anilines is 1. The summed E-state index contributed by atoms with van der Waals surface area (Å²) in [4.78, 5) is 26.6. The number of nitrogens with zero attached hydrogens (tertiary/aromatic N) is 1. The average Bonchev–Trinajstić information content (AvgIpc) is 2.66. The molecule has 1 fully saturated rings. The Kier molecular flexibility index (Phi) is 5.63. The van der Waals surface area contributed by atoms with Gasteiger partial charge in [0.2, 0.25) is 11.8 Å². The first-order chi connectivity index (χ1) is 12.5. The summed E-state index contributed by atoms with van der Waals surface area (Å²) in [6.07, 6.45) is 0.929. The summed E-state index contributed by atoms with van der Waals surface area (Å²) >= 11 is 0. The van der Waals surface area contributed by atoms with Crippen LogP contribution in [0.5, 0.6) is 11.5 Å². The minimum absolute atomic E-state index is 0.0520. The average molecular weight is 363 g/mol. The van der Waals surface area contributed by atoms with Crippen molar-refractivity contribution in [2.24, 2.45) is 5.73 Å². The summed E-state index contributed by atoms with van der Waals surface area (Å²) in [5.41, 5.74) is 5.89. The normalized spacial score (nSPS) is 18.1. The van der Waals surface area contributed by atoms with E-state index in [-0.39, 0.29) is 18.4 Å². The lowest BCUT2D eigenvalue weighted by atomic mass is 9.89. The lowest BCUT2D eigenvalue weighted by Crippen LogP contribution is -2.59. The molecule has 0 aliphatic carbocycles. The minimum atomic E-state index is -0.953. The van der Waals surface area contributed by atoms with Gasteiger partial charge in [-0.1, -0.05) is 0 Å². The van der Waals surface area contributed by atoms with Gasteiger partial charge in [0, 0.05) is 31.5 Å². The summed E-state index contributed by atoms with van der Waals surface area (Å²) in [5, 5.41) is 2.79. The number of hydrogen-bond donors (Lipinski definition) is 2. The molecule has 8 nitrogen and oxygen atoms in total. The van der Waals surface area contributed by atoms with E-state index in [1.807, 2.05) is 6.92 Å². The standard InChI is InChI=1S/C18H25N3O5/c1-2-21(17(23)18(19)5-7-24-8-6-18)12-16(22)20-13-3-4-14-15(11-13)26-10-9-25-14/h3-4,11H,2,5-10,12,19H2,1H3,(H,20,22). The topological polar surface area (TPSA) is 103 Å². The van der Waals surface area contributed by atoms with Gasteiger partial charge in [-0.05, 0) is 31.9 Å². The highest BCUT2D eigenvalue weighted by molar-refractivity contribution is 5.96. The van der Waals surface area contributed by atoms with Crippen LogP contribution in [0.2, 0.25) is 0 Å². The molecule has 1 saturated heterocycles. The van der Waals surface area contributed by atoms with Crippen molar-refractivity contribution < 1.29 is 23.8 Å². The molecular weight excluding hydrogens is 338 g/mol. The molecule has 2 heterocycles. The van der Waals surface area contributed by atoms with E-state index < -0.39 is 5.54 Å². The summed E-state index contributed by atoms with van der Waals surface area (Å²) in [7, 11) is 0. The first-order valence-corrected chi connectivity index (χ1v) is 8.87. The van der Waals surface area contributed by atoms with Crippen LogP contribution in [0.1, 0.15) is 19.8 Å². The number of amides is 2. The molecule has 0 bridgehead atoms. The Bertz CT molecular complexity index is 673. The quantitative estimate of drug-likeness (QED) is 0.800. The monoisotopic (exact) mass is 363 g/mol. The second kappa shape index (κ2) is 7.92. The highest BCUT2D eigenvalue weighted by atomic mass is 16.6. The van der Waals surface area contributed by atoms with Gasteiger partial charge >= 0.3 is 0 Å². The molecule has 8 heteroatoms. The van der Waals surface area contributed by atoms with Crippen molar-refractivity contribution in [1.29, 1.82) is 0 Å². The van der Waals surface area contributed by atoms with Gasteiger partial charge < -0.3 is 30.2 Å². The maximum Gasteiger partial charge on any atom is 0.243 e. The number of likely N-dealkylation sites (N-methyl/N-ethyl adjacent to an activating group) is 1. The third kappa shape index (κ3) is 4.08. The molecule has 2 aliphatic heterocycles. The molecule has 0 atom stereocenters. The van der Waals surface area contributed by atoms with Crippen LogP contribution < -0.4 is 20.5 Å². The summed E-state index contributed by atoms with van der Waals surface area (Å²) in [6, 6.07) is 5.21. The van der Waals surface area contributed by atoms with Crippen LogP contribution in [0.3, 0.4) is 0 Å². The van der Waals surface area contributed by atoms with Crippen LogP contribution in [0.15, 0.2) is 18.2 Å². The van der Waals surface area contributed by atoms with Crippen molar-refractivity contribution in [1.82, 2.24) is 4.90 Å². The third-order valence-corrected chi connectivity index (χ3v) is 4.64. The number of nitrogens with one attached hydrogen (secondary N) is 1. The predicted octanol–water partition coefficient (Wildman–Crippen LogP) is 0.753. The van der Waals surface area contributed by atoms with E-state index in [4.69, 9.17) is 19.9 Å². The number of rotatable bonds is 5. The van der Waals surface area contributed by atoms with Crippen molar-refractivity contribution in [3.63, 3.8) is 0 Å². The summed E-state index contributed by atoms with van der Waals surface area (Å²) in [5.74, 6) is 0.762. The SMILES string of the molecule is CCN(CC(=O)Nc1ccc2c(c1)OCCO2)C(=O)C1(N)CCOCC1. The molecule has 1 aromatic carbocycles. The van der Waals surface area contributed by atoms with Crippen LogP contribution in [0, 0.1) is 0 Å². The Hall–Kier alpha value is -2.32. The number of carbonyl (C=O) groups is 2. The van der Waals surface area contributed by atoms with Crippen LogP contribution in [-0.4, -0.2) is 61.8 Å². The van der Waals surface area contributed by atoms with Crippen LogP contribution in [0.25, 0.3) is 0 Å². The first kappa shape index (κ1) is 18.5. The Morgan fingerprint density at radius 2 is 1.85 bits per heavy atom. The number of carbonyl (C=O) groups excluding carboxylic acids is 2. The van der Waals surface area contributed by atoms with Crippen LogP contribution in [0.4, 0.5) is 5.69 Å². The number of ether oxygens (including phenoxy) is 3. The molecule has 2 aliphatic rings. The number of benzene rings is 1. The highest BCUT2D eigenvalue weighted by Crippen LogP contribution is 2.32. The van der Waals surface area contributed by atoms with E-state index in [2.05, 4.69) is 5.32 Å². The zero-order chi connectivity index (χ0) is 18.6. The smallest absolute Gasteiger partial charge is 0.243 e. The summed E-state index contributed by atoms with van der Waals surface area (Å²) in [6.45, 7) is 4.10. The zero-order valence-corrected chi connectivity index (χ0v) is 15.0. The Morgan fingerprint density at radius 3 is 2.54 bits per heavy atom. The van der Waals surface area contributed by atoms with Crippen molar-refractivity contribution in [3.05, 3.63) is 18.2 Å². The fourth-order valence-electron chi connectivity index (χ4n) is 3.09. The molecule has 0 radical (unpaired) electrons. The van der Waals surface area contributed by atoms with Crippen molar-refractivity contribution in [3.8, 4) is 11.5 Å². The van der Waals surface area contributed by atoms with Gasteiger partial charge in [0.1, 0.15) is 13.2 Å². The van der Waals surface area contributed by atoms with Crippen molar-refractivity contribution in [2.45, 2.75) is 25.3 Å². The van der Waals surface area contributed by atoms with Crippen LogP contribution in [-0.2, 0) is 14.3 Å². The Labute approximate surface area is 152 Å². The molecule has 0 unspecified atom stereocenters. The van der Waals surface area contributed by atoms with Gasteiger partial charge in [-0.3, -0.25) is 9.59 Å². The Morgan fingerprint density at radius 1 is 1.15 bits per heavy atom. The molecule has 0 aromatic heterocycles. The van der Waals surface area contributed by atoms with E-state index in [1.165, 1.54) is 4.90 Å². The maximum atomic E-state index is 12.8. The van der Waals surface area contributed by atoms with Gasteiger partial charge in [0.25, 0.3) is 0 Å². The van der Waals surface area contributed by atoms with Gasteiger partial charge in [-0.2, -0.15) is 0 Å². The predicted molar refractivity (Wildman–Crippen MR) is 95.3 cm³/mol. The number of hydrogen-bond acceptors (Lipinski definition) is 6. The van der Waals surface area contributed by atoms with E-state index in [0.29, 0.717) is 63.0 Å². The molecule has 3 N–H and O–H groups in total. The fraction of sp³-hybridized carbons (Fsp3) is 0.556. The van der Waals surface area contributed by atoms with E-state index in [1.54, 1.807) is 18.2 Å². The lowest BCUT2D eigenvalue weighted by Gasteiger charge is -2.36. The molecule has 142 valence electrons. The Balaban J connectivity index is 1.61. The molecule has 0 saturated carbocycles. The molecule has 2 amide bonds. The second-order valence-corrected chi connectivity index (χ2v) is 6.49. The van der Waals surface area contributed by atoms with Gasteiger partial charge in [0.05, 0.1) is 12.1 Å².